The Kier molecular flexibility index (Phi) is 5.30. The Balaban J connectivity index is 1.64. The van der Waals surface area contributed by atoms with E-state index in [9.17, 15) is 0 Å². The Hall–Kier alpha value is -0.0800. The lowest BCUT2D eigenvalue weighted by Crippen LogP contribution is -2.44. The van der Waals surface area contributed by atoms with Crippen LogP contribution >= 0.6 is 0 Å². The first-order chi connectivity index (χ1) is 8.24. The van der Waals surface area contributed by atoms with E-state index in [0.717, 1.165) is 18.0 Å². The van der Waals surface area contributed by atoms with Crippen molar-refractivity contribution in [3.05, 3.63) is 0 Å². The van der Waals surface area contributed by atoms with Gasteiger partial charge in [-0.1, -0.05) is 13.3 Å². The molecule has 0 radical (unpaired) electrons. The highest BCUT2D eigenvalue weighted by molar-refractivity contribution is 4.81. The smallest absolute Gasteiger partial charge is 0.00817 e. The quantitative estimate of drug-likeness (QED) is 0.786. The molecular weight excluding hydrogens is 208 g/mol. The topological polar surface area (TPSA) is 24.1 Å². The highest BCUT2D eigenvalue weighted by Gasteiger charge is 2.21. The van der Waals surface area contributed by atoms with E-state index in [0.29, 0.717) is 6.04 Å². The number of nitrogens with one attached hydrogen (secondary N) is 2. The van der Waals surface area contributed by atoms with Crippen LogP contribution in [-0.2, 0) is 0 Å². The maximum absolute atomic E-state index is 3.85. The van der Waals surface area contributed by atoms with Crippen LogP contribution in [-0.4, -0.2) is 24.7 Å². The summed E-state index contributed by atoms with van der Waals surface area (Å²) in [4.78, 5) is 0. The van der Waals surface area contributed by atoms with Gasteiger partial charge in [0.1, 0.15) is 0 Å². The predicted molar refractivity (Wildman–Crippen MR) is 74.3 cm³/mol. The van der Waals surface area contributed by atoms with Gasteiger partial charge in [0, 0.05) is 18.1 Å². The van der Waals surface area contributed by atoms with Gasteiger partial charge in [0.15, 0.2) is 0 Å². The first kappa shape index (κ1) is 13.4. The minimum atomic E-state index is 0.684. The molecule has 1 aliphatic carbocycles. The Morgan fingerprint density at radius 2 is 1.88 bits per heavy atom. The molecule has 2 unspecified atom stereocenters. The van der Waals surface area contributed by atoms with Crippen LogP contribution < -0.4 is 10.6 Å². The van der Waals surface area contributed by atoms with Crippen molar-refractivity contribution in [1.82, 2.24) is 10.6 Å². The average molecular weight is 238 g/mol. The third-order valence-corrected chi connectivity index (χ3v) is 4.59. The van der Waals surface area contributed by atoms with Crippen molar-refractivity contribution >= 4 is 0 Å². The molecule has 1 aliphatic heterocycles. The Morgan fingerprint density at radius 1 is 1.12 bits per heavy atom. The summed E-state index contributed by atoms with van der Waals surface area (Å²) in [5.41, 5.74) is 0. The molecule has 0 aromatic rings. The van der Waals surface area contributed by atoms with E-state index in [1.165, 1.54) is 57.9 Å². The summed E-state index contributed by atoms with van der Waals surface area (Å²) in [6, 6.07) is 2.25. The van der Waals surface area contributed by atoms with Crippen LogP contribution in [0.2, 0.25) is 0 Å². The Labute approximate surface area is 107 Å². The first-order valence-electron chi connectivity index (χ1n) is 7.73. The summed E-state index contributed by atoms with van der Waals surface area (Å²) >= 11 is 0. The SMILES string of the molecule is CC1CCC(NC(C)CC2CCCCN2)CC1. The second kappa shape index (κ2) is 6.75. The van der Waals surface area contributed by atoms with Crippen molar-refractivity contribution in [2.75, 3.05) is 6.54 Å². The molecule has 0 aromatic carbocycles. The standard InChI is InChI=1S/C15H30N2/c1-12-6-8-14(9-7-12)17-13(2)11-15-5-3-4-10-16-15/h12-17H,3-11H2,1-2H3. The summed E-state index contributed by atoms with van der Waals surface area (Å²) in [7, 11) is 0. The highest BCUT2D eigenvalue weighted by atomic mass is 15.0. The van der Waals surface area contributed by atoms with Crippen LogP contribution in [0.3, 0.4) is 0 Å². The molecule has 2 nitrogen and oxygen atoms in total. The van der Waals surface area contributed by atoms with Crippen molar-refractivity contribution in [2.45, 2.75) is 83.3 Å². The van der Waals surface area contributed by atoms with Gasteiger partial charge < -0.3 is 10.6 Å². The zero-order valence-electron chi connectivity index (χ0n) is 11.7. The second-order valence-electron chi connectivity index (χ2n) is 6.41. The van der Waals surface area contributed by atoms with Crippen LogP contribution in [0.25, 0.3) is 0 Å². The van der Waals surface area contributed by atoms with Crippen LogP contribution in [0, 0.1) is 5.92 Å². The fraction of sp³-hybridized carbons (Fsp3) is 1.00. The number of hydrogen-bond acceptors (Lipinski definition) is 2. The molecule has 2 fully saturated rings. The van der Waals surface area contributed by atoms with Gasteiger partial charge in [0.25, 0.3) is 0 Å². The molecule has 0 aromatic heterocycles. The number of piperidine rings is 1. The zero-order valence-corrected chi connectivity index (χ0v) is 11.7. The van der Waals surface area contributed by atoms with E-state index in [2.05, 4.69) is 24.5 Å². The van der Waals surface area contributed by atoms with E-state index < -0.39 is 0 Å². The van der Waals surface area contributed by atoms with Gasteiger partial charge in [-0.05, 0) is 64.3 Å². The Morgan fingerprint density at radius 3 is 2.53 bits per heavy atom. The van der Waals surface area contributed by atoms with Crippen molar-refractivity contribution in [2.24, 2.45) is 5.92 Å². The largest absolute Gasteiger partial charge is 0.314 e. The summed E-state index contributed by atoms with van der Waals surface area (Å²) < 4.78 is 0. The van der Waals surface area contributed by atoms with E-state index in [4.69, 9.17) is 0 Å². The molecule has 0 spiro atoms. The summed E-state index contributed by atoms with van der Waals surface area (Å²) in [5, 5.41) is 7.50. The minimum Gasteiger partial charge on any atom is -0.314 e. The second-order valence-corrected chi connectivity index (χ2v) is 6.41. The molecule has 17 heavy (non-hydrogen) atoms. The van der Waals surface area contributed by atoms with E-state index >= 15 is 0 Å². The van der Waals surface area contributed by atoms with Gasteiger partial charge in [-0.15, -0.1) is 0 Å². The van der Waals surface area contributed by atoms with Gasteiger partial charge in [0.05, 0.1) is 0 Å². The first-order valence-corrected chi connectivity index (χ1v) is 7.73. The fourth-order valence-electron chi connectivity index (χ4n) is 3.45. The van der Waals surface area contributed by atoms with Crippen molar-refractivity contribution < 1.29 is 0 Å². The van der Waals surface area contributed by atoms with Crippen molar-refractivity contribution in [3.8, 4) is 0 Å². The molecule has 100 valence electrons. The number of hydrogen-bond donors (Lipinski definition) is 2. The average Bonchev–Trinajstić information content (AvgIpc) is 2.33. The van der Waals surface area contributed by atoms with Crippen LogP contribution in [0.4, 0.5) is 0 Å². The molecule has 2 atom stereocenters. The molecule has 0 amide bonds. The Bertz CT molecular complexity index is 203. The lowest BCUT2D eigenvalue weighted by Gasteiger charge is -2.32. The summed E-state index contributed by atoms with van der Waals surface area (Å²) in [6.45, 7) is 6.00. The van der Waals surface area contributed by atoms with Gasteiger partial charge >= 0.3 is 0 Å². The molecule has 2 heteroatoms. The summed E-state index contributed by atoms with van der Waals surface area (Å²) in [6.07, 6.45) is 11.1. The molecule has 1 saturated carbocycles. The van der Waals surface area contributed by atoms with Crippen LogP contribution in [0.5, 0.6) is 0 Å². The van der Waals surface area contributed by atoms with Gasteiger partial charge in [-0.2, -0.15) is 0 Å². The normalized spacial score (nSPS) is 36.7. The molecule has 1 saturated heterocycles. The lowest BCUT2D eigenvalue weighted by atomic mass is 9.87. The van der Waals surface area contributed by atoms with E-state index in [1.54, 1.807) is 0 Å². The molecule has 1 heterocycles. The third kappa shape index (κ3) is 4.59. The maximum Gasteiger partial charge on any atom is 0.00817 e. The van der Waals surface area contributed by atoms with Gasteiger partial charge in [-0.25, -0.2) is 0 Å². The van der Waals surface area contributed by atoms with Crippen molar-refractivity contribution in [1.29, 1.82) is 0 Å². The number of rotatable bonds is 4. The van der Waals surface area contributed by atoms with Crippen molar-refractivity contribution in [3.63, 3.8) is 0 Å². The van der Waals surface area contributed by atoms with E-state index in [-0.39, 0.29) is 0 Å². The zero-order chi connectivity index (χ0) is 12.1. The highest BCUT2D eigenvalue weighted by Crippen LogP contribution is 2.24. The molecule has 2 aliphatic rings. The fourth-order valence-corrected chi connectivity index (χ4v) is 3.45. The lowest BCUT2D eigenvalue weighted by molar-refractivity contribution is 0.269. The maximum atomic E-state index is 3.85. The van der Waals surface area contributed by atoms with E-state index in [1.807, 2.05) is 0 Å². The predicted octanol–water partition coefficient (Wildman–Crippen LogP) is 3.08. The molecule has 2 rings (SSSR count). The minimum absolute atomic E-state index is 0.684. The third-order valence-electron chi connectivity index (χ3n) is 4.59. The van der Waals surface area contributed by atoms with Gasteiger partial charge in [-0.3, -0.25) is 0 Å². The molecule has 0 bridgehead atoms. The molecular formula is C15H30N2. The summed E-state index contributed by atoms with van der Waals surface area (Å²) in [5.74, 6) is 0.961. The monoisotopic (exact) mass is 238 g/mol. The van der Waals surface area contributed by atoms with Crippen LogP contribution in [0.15, 0.2) is 0 Å². The molecule has 2 N–H and O–H groups in total. The van der Waals surface area contributed by atoms with Crippen LogP contribution in [0.1, 0.15) is 65.2 Å². The van der Waals surface area contributed by atoms with Gasteiger partial charge in [0.2, 0.25) is 0 Å².